The first-order valence-electron chi connectivity index (χ1n) is 11.9. The Kier molecular flexibility index (Phi) is 9.08. The molecule has 7 nitrogen and oxygen atoms in total. The maximum Gasteiger partial charge on any atom is 0.345 e. The molecule has 2 aromatic carbocycles. The second kappa shape index (κ2) is 12.4. The first-order valence-corrected chi connectivity index (χ1v) is 13.5. The van der Waals surface area contributed by atoms with Crippen LogP contribution in [-0.4, -0.2) is 29.2 Å². The molecule has 37 heavy (non-hydrogen) atoms. The van der Waals surface area contributed by atoms with Gasteiger partial charge in [-0.15, -0.1) is 11.3 Å². The Morgan fingerprint density at radius 3 is 2.30 bits per heavy atom. The van der Waals surface area contributed by atoms with E-state index in [1.807, 2.05) is 30.3 Å². The van der Waals surface area contributed by atoms with Crippen molar-refractivity contribution in [1.29, 1.82) is 0 Å². The van der Waals surface area contributed by atoms with E-state index in [0.717, 1.165) is 29.7 Å². The van der Waals surface area contributed by atoms with Gasteiger partial charge in [-0.2, -0.15) is 0 Å². The number of carboxylic acid groups (broad SMARTS) is 1. The van der Waals surface area contributed by atoms with Crippen molar-refractivity contribution >= 4 is 63.2 Å². The van der Waals surface area contributed by atoms with Crippen LogP contribution in [0.1, 0.15) is 52.9 Å². The molecule has 0 aliphatic heterocycles. The molecular weight excluding hydrogens is 535 g/mol. The second-order valence-electron chi connectivity index (χ2n) is 8.86. The van der Waals surface area contributed by atoms with Gasteiger partial charge in [0, 0.05) is 17.2 Å². The van der Waals surface area contributed by atoms with Crippen molar-refractivity contribution in [2.75, 3.05) is 10.6 Å². The van der Waals surface area contributed by atoms with Crippen molar-refractivity contribution in [2.45, 2.75) is 44.6 Å². The monoisotopic (exact) mass is 560 g/mol. The first-order chi connectivity index (χ1) is 17.8. The number of benzene rings is 2. The molecule has 0 radical (unpaired) electrons. The van der Waals surface area contributed by atoms with Gasteiger partial charge >= 0.3 is 18.0 Å². The number of ether oxygens (including phenoxy) is 1. The summed E-state index contributed by atoms with van der Waals surface area (Å²) in [5, 5.41) is 15.8. The van der Waals surface area contributed by atoms with Crippen LogP contribution in [-0.2, 0) is 16.0 Å². The third-order valence-corrected chi connectivity index (χ3v) is 7.89. The molecule has 3 aromatic rings. The van der Waals surface area contributed by atoms with Crippen LogP contribution in [0, 0.1) is 5.92 Å². The zero-order valence-electron chi connectivity index (χ0n) is 19.8. The average Bonchev–Trinajstić information content (AvgIpc) is 3.27. The molecule has 1 saturated carbocycles. The van der Waals surface area contributed by atoms with Gasteiger partial charge in [0.15, 0.2) is 0 Å². The highest BCUT2D eigenvalue weighted by molar-refractivity contribution is 7.16. The van der Waals surface area contributed by atoms with Gasteiger partial charge in [-0.3, -0.25) is 5.32 Å². The van der Waals surface area contributed by atoms with Gasteiger partial charge in [0.25, 0.3) is 0 Å². The number of esters is 1. The number of rotatable bonds is 8. The van der Waals surface area contributed by atoms with E-state index in [9.17, 15) is 19.5 Å². The second-order valence-corrected chi connectivity index (χ2v) is 10.8. The van der Waals surface area contributed by atoms with Crippen molar-refractivity contribution < 1.29 is 24.2 Å². The number of carboxylic acids is 1. The fraction of sp³-hybridized carbons (Fsp3) is 0.296. The Morgan fingerprint density at radius 2 is 1.65 bits per heavy atom. The SMILES string of the molecule is O=C(Nc1sc(Cc2ccccc2)cc1C(=O)O[C@H](C(=O)O)C1CCCCC1)Nc1c(Cl)cccc1Cl. The van der Waals surface area contributed by atoms with E-state index < -0.39 is 24.1 Å². The molecular formula is C27H26Cl2N2O5S. The molecule has 194 valence electrons. The van der Waals surface area contributed by atoms with Gasteiger partial charge in [-0.1, -0.05) is 78.9 Å². The normalized spacial score (nSPS) is 14.5. The minimum absolute atomic E-state index is 0.0957. The minimum atomic E-state index is -1.24. The quantitative estimate of drug-likeness (QED) is 0.247. The highest BCUT2D eigenvalue weighted by Crippen LogP contribution is 2.34. The smallest absolute Gasteiger partial charge is 0.345 e. The topological polar surface area (TPSA) is 105 Å². The van der Waals surface area contributed by atoms with E-state index >= 15 is 0 Å². The number of hydrogen-bond acceptors (Lipinski definition) is 5. The molecule has 1 aromatic heterocycles. The number of urea groups is 1. The molecule has 10 heteroatoms. The zero-order valence-corrected chi connectivity index (χ0v) is 22.2. The van der Waals surface area contributed by atoms with Crippen LogP contribution in [0.2, 0.25) is 10.0 Å². The minimum Gasteiger partial charge on any atom is -0.478 e. The van der Waals surface area contributed by atoms with Crippen LogP contribution in [0.15, 0.2) is 54.6 Å². The summed E-state index contributed by atoms with van der Waals surface area (Å²) < 4.78 is 5.53. The zero-order chi connectivity index (χ0) is 26.4. The lowest BCUT2D eigenvalue weighted by molar-refractivity contribution is -0.151. The Balaban J connectivity index is 1.58. The van der Waals surface area contributed by atoms with Crippen LogP contribution in [0.5, 0.6) is 0 Å². The first kappa shape index (κ1) is 27.0. The average molecular weight is 561 g/mol. The molecule has 1 atom stereocenters. The summed E-state index contributed by atoms with van der Waals surface area (Å²) in [6.07, 6.45) is 3.53. The lowest BCUT2D eigenvalue weighted by Crippen LogP contribution is -2.35. The van der Waals surface area contributed by atoms with Crippen LogP contribution in [0.4, 0.5) is 15.5 Å². The predicted octanol–water partition coefficient (Wildman–Crippen LogP) is 7.48. The van der Waals surface area contributed by atoms with Gasteiger partial charge in [0.05, 0.1) is 21.3 Å². The van der Waals surface area contributed by atoms with Crippen LogP contribution >= 0.6 is 34.5 Å². The fourth-order valence-corrected chi connectivity index (χ4v) is 5.97. The summed E-state index contributed by atoms with van der Waals surface area (Å²) in [6.45, 7) is 0. The summed E-state index contributed by atoms with van der Waals surface area (Å²) in [6, 6.07) is 15.5. The standard InChI is InChI=1S/C27H26Cl2N2O5S/c28-20-12-7-13-21(29)22(20)30-27(35)31-24-19(15-18(37-24)14-16-8-3-1-4-9-16)26(34)36-23(25(32)33)17-10-5-2-6-11-17/h1,3-4,7-9,12-13,15,17,23H,2,5-6,10-11,14H2,(H,32,33)(H2,30,31,35)/t23-/m0/s1. The number of carbonyl (C=O) groups excluding carboxylic acids is 2. The number of aliphatic carboxylic acids is 1. The molecule has 0 bridgehead atoms. The van der Waals surface area contributed by atoms with Crippen molar-refractivity contribution in [3.63, 3.8) is 0 Å². The highest BCUT2D eigenvalue weighted by atomic mass is 35.5. The van der Waals surface area contributed by atoms with Gasteiger partial charge < -0.3 is 15.2 Å². The van der Waals surface area contributed by atoms with Crippen molar-refractivity contribution in [2.24, 2.45) is 5.92 Å². The van der Waals surface area contributed by atoms with E-state index in [1.165, 1.54) is 11.3 Å². The number of hydrogen-bond donors (Lipinski definition) is 3. The van der Waals surface area contributed by atoms with E-state index in [2.05, 4.69) is 10.6 Å². The maximum atomic E-state index is 13.2. The summed E-state index contributed by atoms with van der Waals surface area (Å²) in [5.74, 6) is -2.19. The third kappa shape index (κ3) is 7.03. The molecule has 0 saturated heterocycles. The number of amides is 2. The molecule has 1 aliphatic rings. The van der Waals surface area contributed by atoms with E-state index in [4.69, 9.17) is 27.9 Å². The van der Waals surface area contributed by atoms with Crippen molar-refractivity contribution in [3.05, 3.63) is 80.6 Å². The number of halogens is 2. The molecule has 0 unspecified atom stereocenters. The highest BCUT2D eigenvalue weighted by Gasteiger charge is 2.34. The van der Waals surface area contributed by atoms with Crippen LogP contribution in [0.25, 0.3) is 0 Å². The van der Waals surface area contributed by atoms with E-state index in [0.29, 0.717) is 19.3 Å². The number of nitrogens with one attached hydrogen (secondary N) is 2. The Labute approximate surface area is 228 Å². The Morgan fingerprint density at radius 1 is 0.973 bits per heavy atom. The largest absolute Gasteiger partial charge is 0.478 e. The summed E-state index contributed by atoms with van der Waals surface area (Å²) in [7, 11) is 0. The lowest BCUT2D eigenvalue weighted by atomic mass is 9.85. The third-order valence-electron chi connectivity index (χ3n) is 6.21. The van der Waals surface area contributed by atoms with Crippen molar-refractivity contribution in [1.82, 2.24) is 0 Å². The maximum absolute atomic E-state index is 13.2. The number of thiophene rings is 1. The van der Waals surface area contributed by atoms with E-state index in [-0.39, 0.29) is 32.2 Å². The number of carbonyl (C=O) groups is 3. The van der Waals surface area contributed by atoms with Crippen LogP contribution in [0.3, 0.4) is 0 Å². The molecule has 3 N–H and O–H groups in total. The Bertz CT molecular complexity index is 1250. The summed E-state index contributed by atoms with van der Waals surface area (Å²) >= 11 is 13.5. The summed E-state index contributed by atoms with van der Waals surface area (Å²) in [5.41, 5.74) is 1.35. The number of anilines is 2. The Hall–Kier alpha value is -3.07. The predicted molar refractivity (Wildman–Crippen MR) is 146 cm³/mol. The molecule has 1 fully saturated rings. The van der Waals surface area contributed by atoms with E-state index in [1.54, 1.807) is 24.3 Å². The van der Waals surface area contributed by atoms with Gasteiger partial charge in [-0.05, 0) is 36.6 Å². The van der Waals surface area contributed by atoms with Gasteiger partial charge in [0.2, 0.25) is 6.10 Å². The molecule has 0 spiro atoms. The molecule has 1 heterocycles. The lowest BCUT2D eigenvalue weighted by Gasteiger charge is -2.27. The molecule has 1 aliphatic carbocycles. The molecule has 2 amide bonds. The molecule has 4 rings (SSSR count). The van der Waals surface area contributed by atoms with Crippen molar-refractivity contribution in [3.8, 4) is 0 Å². The fourth-order valence-electron chi connectivity index (χ4n) is 4.40. The van der Waals surface area contributed by atoms with Gasteiger partial charge in [0.1, 0.15) is 5.00 Å². The van der Waals surface area contributed by atoms with Gasteiger partial charge in [-0.25, -0.2) is 14.4 Å². The van der Waals surface area contributed by atoms with Crippen LogP contribution < -0.4 is 10.6 Å². The summed E-state index contributed by atoms with van der Waals surface area (Å²) in [4.78, 5) is 38.8. The number of para-hydroxylation sites is 1.